The molecule has 10 aromatic rings. The molecule has 3 N–H and O–H groups in total. The van der Waals surface area contributed by atoms with Gasteiger partial charge in [0, 0.05) is 73.2 Å². The third kappa shape index (κ3) is 9.62. The molecule has 2 aliphatic heterocycles. The van der Waals surface area contributed by atoms with Gasteiger partial charge in [-0.2, -0.15) is 0 Å². The van der Waals surface area contributed by atoms with Crippen LogP contribution >= 0.6 is 0 Å². The lowest BCUT2D eigenvalue weighted by Crippen LogP contribution is -2.16. The number of nitrogens with zero attached hydrogens (tertiary/aromatic N) is 4. The molecule has 0 saturated heterocycles. The Labute approximate surface area is 436 Å². The molecule has 0 radical (unpaired) electrons. The Balaban J connectivity index is 0.986. The molecule has 12 rings (SSSR count). The molecule has 0 atom stereocenters. The predicted molar refractivity (Wildman–Crippen MR) is 312 cm³/mol. The number of amides is 1. The van der Waals surface area contributed by atoms with Gasteiger partial charge in [0.15, 0.2) is 0 Å². The third-order valence-corrected chi connectivity index (χ3v) is 14.3. The van der Waals surface area contributed by atoms with Crippen LogP contribution in [0.15, 0.2) is 201 Å². The number of nitrogens with one attached hydrogen (secondary N) is 3. The quantitative estimate of drug-likeness (QED) is 0.0990. The van der Waals surface area contributed by atoms with E-state index < -0.39 is 8.07 Å². The molecule has 0 spiro atoms. The minimum absolute atomic E-state index is 0.228. The number of para-hydroxylation sites is 1. The number of fused-ring (bicyclic) bond motifs is 8. The van der Waals surface area contributed by atoms with Crippen LogP contribution in [0.1, 0.15) is 44.3 Å². The molecule has 0 fully saturated rings. The maximum absolute atomic E-state index is 14.6. The molecule has 9 heteroatoms. The normalized spacial score (nSPS) is 11.8. The monoisotopic (exact) mass is 985 g/mol. The zero-order valence-electron chi connectivity index (χ0n) is 41.8. The van der Waals surface area contributed by atoms with Gasteiger partial charge in [0.1, 0.15) is 8.07 Å². The Kier molecular flexibility index (Phi) is 12.2. The number of hydrogen-bond donors (Lipinski definition) is 3. The van der Waals surface area contributed by atoms with Crippen LogP contribution in [0.25, 0.3) is 102 Å². The highest BCUT2D eigenvalue weighted by molar-refractivity contribution is 6.83. The smallest absolute Gasteiger partial charge is 0.255 e. The molecule has 75 heavy (non-hydrogen) atoms. The van der Waals surface area contributed by atoms with Gasteiger partial charge in [0.25, 0.3) is 5.91 Å². The first-order valence-corrected chi connectivity index (χ1v) is 28.7. The van der Waals surface area contributed by atoms with Gasteiger partial charge in [-0.25, -0.2) is 15.0 Å². The number of carbonyl (C=O) groups excluding carboxylic acids is 1. The highest BCUT2D eigenvalue weighted by Gasteiger charge is 2.21. The van der Waals surface area contributed by atoms with E-state index in [1.165, 1.54) is 0 Å². The number of imidazole rings is 1. The van der Waals surface area contributed by atoms with Crippen LogP contribution in [0.3, 0.4) is 0 Å². The summed E-state index contributed by atoms with van der Waals surface area (Å²) in [5.41, 5.74) is 23.1. The number of rotatable bonds is 9. The SMILES string of the molecule is C[Si](C)(C)C#Cc1ccc(-c2cncn2Cc2cccc(C(=O)Nc3ccccc3-c3c4nc(c(-c5ccccc5)c5ccc([nH]5)c(-c5ccccc5)c5nc(c(-c6ccccc6)c6ccc3[nH]6)C=C5)C=C4)c2)cc1. The molecule has 0 unspecified atom stereocenters. The number of carbonyl (C=O) groups is 1. The average molecular weight is 986 g/mol. The summed E-state index contributed by atoms with van der Waals surface area (Å²) in [6, 6.07) is 63.8. The lowest BCUT2D eigenvalue weighted by atomic mass is 10.0. The molecule has 360 valence electrons. The van der Waals surface area contributed by atoms with E-state index in [2.05, 4.69) is 202 Å². The van der Waals surface area contributed by atoms with E-state index in [1.54, 1.807) is 0 Å². The summed E-state index contributed by atoms with van der Waals surface area (Å²) in [6.07, 6.45) is 12.1. The van der Waals surface area contributed by atoms with E-state index in [4.69, 9.17) is 9.97 Å². The van der Waals surface area contributed by atoms with Gasteiger partial charge in [0.05, 0.1) is 41.0 Å². The lowest BCUT2D eigenvalue weighted by Gasteiger charge is -2.14. The number of hydrogen-bond acceptors (Lipinski definition) is 4. The van der Waals surface area contributed by atoms with Crippen LogP contribution in [0.5, 0.6) is 0 Å². The molecule has 8 nitrogen and oxygen atoms in total. The van der Waals surface area contributed by atoms with Gasteiger partial charge in [-0.3, -0.25) is 4.79 Å². The van der Waals surface area contributed by atoms with E-state index in [9.17, 15) is 4.79 Å². The fourth-order valence-electron chi connectivity index (χ4n) is 9.90. The second-order valence-corrected chi connectivity index (χ2v) is 24.5. The van der Waals surface area contributed by atoms with Gasteiger partial charge in [0.2, 0.25) is 0 Å². The van der Waals surface area contributed by atoms with Crippen molar-refractivity contribution in [2.75, 3.05) is 5.32 Å². The van der Waals surface area contributed by atoms with Crippen LogP contribution in [0.2, 0.25) is 19.6 Å². The summed E-state index contributed by atoms with van der Waals surface area (Å²) in [5.74, 6) is 3.12. The number of H-pyrrole nitrogens is 2. The van der Waals surface area contributed by atoms with Gasteiger partial charge in [-0.05, 0) is 107 Å². The Morgan fingerprint density at radius 2 is 1.03 bits per heavy atom. The average Bonchev–Trinajstić information content (AvgIpc) is 4.32. The molecule has 0 saturated carbocycles. The van der Waals surface area contributed by atoms with E-state index in [1.807, 2.05) is 79.3 Å². The van der Waals surface area contributed by atoms with E-state index >= 15 is 0 Å². The lowest BCUT2D eigenvalue weighted by molar-refractivity contribution is 0.102. The van der Waals surface area contributed by atoms with E-state index in [0.29, 0.717) is 17.8 Å². The van der Waals surface area contributed by atoms with Crippen LogP contribution in [0.4, 0.5) is 5.69 Å². The summed E-state index contributed by atoms with van der Waals surface area (Å²) in [7, 11) is -1.49. The molecular weight excluding hydrogens is 935 g/mol. The minimum Gasteiger partial charge on any atom is -0.354 e. The van der Waals surface area contributed by atoms with Gasteiger partial charge >= 0.3 is 0 Å². The number of anilines is 1. The van der Waals surface area contributed by atoms with Crippen molar-refractivity contribution in [1.82, 2.24) is 29.5 Å². The minimum atomic E-state index is -1.49. The summed E-state index contributed by atoms with van der Waals surface area (Å²) in [5, 5.41) is 3.32. The Morgan fingerprint density at radius 3 is 1.56 bits per heavy atom. The summed E-state index contributed by atoms with van der Waals surface area (Å²) >= 11 is 0. The first-order chi connectivity index (χ1) is 36.7. The zero-order valence-corrected chi connectivity index (χ0v) is 42.8. The van der Waals surface area contributed by atoms with Crippen LogP contribution in [-0.2, 0) is 6.54 Å². The second kappa shape index (κ2) is 19.8. The van der Waals surface area contributed by atoms with Crippen molar-refractivity contribution in [2.24, 2.45) is 0 Å². The Morgan fingerprint density at radius 1 is 0.533 bits per heavy atom. The molecule has 2 aliphatic rings. The maximum Gasteiger partial charge on any atom is 0.255 e. The van der Waals surface area contributed by atoms with Crippen molar-refractivity contribution in [3.05, 3.63) is 240 Å². The first kappa shape index (κ1) is 46.4. The molecular formula is C66H51N7OSi. The fraction of sp³-hybridized carbons (Fsp3) is 0.0606. The van der Waals surface area contributed by atoms with E-state index in [-0.39, 0.29) is 5.91 Å². The predicted octanol–water partition coefficient (Wildman–Crippen LogP) is 15.7. The Bertz CT molecular complexity index is 4070. The fourth-order valence-corrected chi connectivity index (χ4v) is 10.4. The van der Waals surface area contributed by atoms with E-state index in [0.717, 1.165) is 112 Å². The first-order valence-electron chi connectivity index (χ1n) is 25.2. The standard InChI is InChI=1S/C66H51N7OSi/c1-75(2,3)39-38-44-26-28-46(29-27-44)61-41-67-43-73(61)42-45-16-15-23-50(40-45)66(74)72-52-25-14-13-24-51(52)65-59-36-34-57(70-59)63(48-19-9-5-10-20-48)55-32-30-53(68-55)62(47-17-7-4-8-18-47)54-31-33-56(69-54)64(49-21-11-6-12-22-49)58-35-37-60(65)71-58/h4-37,40-41,43,68,71H,42H2,1-3H3,(H,72,74). The van der Waals surface area contributed by atoms with Crippen molar-refractivity contribution in [3.63, 3.8) is 0 Å². The van der Waals surface area contributed by atoms with Crippen molar-refractivity contribution in [3.8, 4) is 67.2 Å². The van der Waals surface area contributed by atoms with Gasteiger partial charge in [-0.15, -0.1) is 5.54 Å². The van der Waals surface area contributed by atoms with Crippen molar-refractivity contribution in [2.45, 2.75) is 26.2 Å². The molecule has 6 heterocycles. The maximum atomic E-state index is 14.6. The largest absolute Gasteiger partial charge is 0.354 e. The second-order valence-electron chi connectivity index (χ2n) is 19.8. The number of aromatic nitrogens is 6. The van der Waals surface area contributed by atoms with Crippen LogP contribution in [-0.4, -0.2) is 43.5 Å². The highest BCUT2D eigenvalue weighted by atomic mass is 28.3. The Hall–Kier alpha value is -9.62. The third-order valence-electron chi connectivity index (χ3n) is 13.4. The summed E-state index contributed by atoms with van der Waals surface area (Å²) < 4.78 is 2.11. The highest BCUT2D eigenvalue weighted by Crippen LogP contribution is 2.40. The molecule has 8 bridgehead atoms. The van der Waals surface area contributed by atoms with Gasteiger partial charge in [-0.1, -0.05) is 159 Å². The zero-order chi connectivity index (χ0) is 50.9. The molecule has 0 aliphatic carbocycles. The topological polar surface area (TPSA) is 104 Å². The number of benzene rings is 6. The van der Waals surface area contributed by atoms with Crippen molar-refractivity contribution < 1.29 is 4.79 Å². The van der Waals surface area contributed by atoms with Crippen LogP contribution in [0, 0.1) is 11.5 Å². The van der Waals surface area contributed by atoms with Gasteiger partial charge < -0.3 is 19.9 Å². The molecule has 6 aromatic carbocycles. The van der Waals surface area contributed by atoms with Crippen LogP contribution < -0.4 is 5.32 Å². The summed E-state index contributed by atoms with van der Waals surface area (Å²) in [4.78, 5) is 37.7. The van der Waals surface area contributed by atoms with Crippen molar-refractivity contribution >= 4 is 66.0 Å². The molecule has 1 amide bonds. The summed E-state index contributed by atoms with van der Waals surface area (Å²) in [6.45, 7) is 7.28. The molecule has 4 aromatic heterocycles. The van der Waals surface area contributed by atoms with Crippen molar-refractivity contribution in [1.29, 1.82) is 0 Å². The number of aromatic amines is 2.